The Balaban J connectivity index is 0. The Morgan fingerprint density at radius 3 is 1.87 bits per heavy atom. The van der Waals surface area contributed by atoms with Crippen LogP contribution in [0.1, 0.15) is 13.8 Å². The molecule has 0 rings (SSSR count). The minimum Gasteiger partial charge on any atom is -0.106 e. The zero-order chi connectivity index (χ0) is 12.1. The van der Waals surface area contributed by atoms with Crippen LogP contribution in [0.4, 0.5) is 0 Å². The van der Waals surface area contributed by atoms with E-state index in [1.807, 2.05) is 50.3 Å². The summed E-state index contributed by atoms with van der Waals surface area (Å²) in [5.41, 5.74) is 0. The first-order valence-corrected chi connectivity index (χ1v) is 5.52. The van der Waals surface area contributed by atoms with Gasteiger partial charge in [0.2, 0.25) is 0 Å². The van der Waals surface area contributed by atoms with E-state index in [1.54, 1.807) is 11.8 Å². The summed E-state index contributed by atoms with van der Waals surface area (Å²) in [6, 6.07) is 0. The van der Waals surface area contributed by atoms with Gasteiger partial charge in [-0.25, -0.2) is 0 Å². The maximum atomic E-state index is 3.75. The molecule has 0 radical (unpaired) electrons. The molecule has 0 aromatic rings. The van der Waals surface area contributed by atoms with Crippen molar-refractivity contribution in [2.45, 2.75) is 13.8 Å². The minimum atomic E-state index is 1.13. The Bertz CT molecular complexity index is 267. The van der Waals surface area contributed by atoms with Crippen LogP contribution >= 0.6 is 11.8 Å². The third-order valence-corrected chi connectivity index (χ3v) is 2.55. The van der Waals surface area contributed by atoms with Gasteiger partial charge >= 0.3 is 0 Å². The first-order valence-electron chi connectivity index (χ1n) is 4.70. The van der Waals surface area contributed by atoms with Crippen LogP contribution < -0.4 is 0 Å². The number of allylic oxidation sites excluding steroid dienone is 6. The summed E-state index contributed by atoms with van der Waals surface area (Å²) < 4.78 is 0. The second-order valence-corrected chi connectivity index (χ2v) is 3.44. The van der Waals surface area contributed by atoms with Crippen LogP contribution in [0.25, 0.3) is 0 Å². The van der Waals surface area contributed by atoms with Crippen molar-refractivity contribution in [1.29, 1.82) is 0 Å². The molecular formula is C14H20S. The van der Waals surface area contributed by atoms with Gasteiger partial charge in [0.15, 0.2) is 0 Å². The van der Waals surface area contributed by atoms with Gasteiger partial charge in [0.1, 0.15) is 0 Å². The van der Waals surface area contributed by atoms with Crippen LogP contribution in [0, 0.1) is 0 Å². The molecule has 0 aliphatic carbocycles. The Morgan fingerprint density at radius 2 is 1.53 bits per heavy atom. The molecule has 0 aliphatic rings. The van der Waals surface area contributed by atoms with Gasteiger partial charge in [-0.1, -0.05) is 55.3 Å². The van der Waals surface area contributed by atoms with Crippen molar-refractivity contribution >= 4 is 11.8 Å². The number of hydrogen-bond acceptors (Lipinski definition) is 1. The lowest BCUT2D eigenvalue weighted by molar-refractivity contribution is 1.70. The summed E-state index contributed by atoms with van der Waals surface area (Å²) in [5, 5.41) is 0. The van der Waals surface area contributed by atoms with Gasteiger partial charge < -0.3 is 0 Å². The van der Waals surface area contributed by atoms with Crippen molar-refractivity contribution in [3.8, 4) is 0 Å². The maximum absolute atomic E-state index is 3.75. The van der Waals surface area contributed by atoms with E-state index in [9.17, 15) is 0 Å². The highest BCUT2D eigenvalue weighted by molar-refractivity contribution is 8.07. The molecule has 15 heavy (non-hydrogen) atoms. The fraction of sp³-hybridized carbons (Fsp3) is 0.143. The largest absolute Gasteiger partial charge is 0.106 e. The fourth-order valence-corrected chi connectivity index (χ4v) is 1.39. The molecule has 0 bridgehead atoms. The van der Waals surface area contributed by atoms with Crippen molar-refractivity contribution in [3.63, 3.8) is 0 Å². The van der Waals surface area contributed by atoms with E-state index in [-0.39, 0.29) is 0 Å². The molecule has 0 nitrogen and oxygen atoms in total. The first-order chi connectivity index (χ1) is 7.28. The third kappa shape index (κ3) is 9.10. The van der Waals surface area contributed by atoms with Crippen LogP contribution in [0.3, 0.4) is 0 Å². The summed E-state index contributed by atoms with van der Waals surface area (Å²) in [5.74, 6) is 0. The third-order valence-electron chi connectivity index (χ3n) is 1.38. The van der Waals surface area contributed by atoms with Gasteiger partial charge in [0.05, 0.1) is 0 Å². The van der Waals surface area contributed by atoms with E-state index in [1.165, 1.54) is 0 Å². The van der Waals surface area contributed by atoms with E-state index >= 15 is 0 Å². The Kier molecular flexibility index (Phi) is 13.8. The second-order valence-electron chi connectivity index (χ2n) is 2.30. The van der Waals surface area contributed by atoms with Gasteiger partial charge in [-0.05, 0) is 19.9 Å². The van der Waals surface area contributed by atoms with E-state index in [0.717, 1.165) is 9.81 Å². The zero-order valence-electron chi connectivity index (χ0n) is 9.70. The minimum absolute atomic E-state index is 1.13. The summed E-state index contributed by atoms with van der Waals surface area (Å²) in [6.07, 6.45) is 11.7. The average molecular weight is 220 g/mol. The molecule has 0 heterocycles. The number of rotatable bonds is 5. The van der Waals surface area contributed by atoms with Crippen molar-refractivity contribution < 1.29 is 0 Å². The lowest BCUT2D eigenvalue weighted by Crippen LogP contribution is -1.71. The molecule has 0 saturated carbocycles. The average Bonchev–Trinajstić information content (AvgIpc) is 2.32. The highest BCUT2D eigenvalue weighted by Crippen LogP contribution is 2.26. The van der Waals surface area contributed by atoms with Crippen molar-refractivity contribution in [2.24, 2.45) is 0 Å². The molecule has 1 heteroatoms. The maximum Gasteiger partial charge on any atom is 0.0116 e. The van der Waals surface area contributed by atoms with Crippen molar-refractivity contribution in [2.75, 3.05) is 0 Å². The number of thioether (sulfide) groups is 1. The summed E-state index contributed by atoms with van der Waals surface area (Å²) in [4.78, 5) is 2.28. The summed E-state index contributed by atoms with van der Waals surface area (Å²) >= 11 is 1.66. The summed E-state index contributed by atoms with van der Waals surface area (Å²) in [7, 11) is 0. The van der Waals surface area contributed by atoms with Gasteiger partial charge in [0.25, 0.3) is 0 Å². The molecule has 0 atom stereocenters. The highest BCUT2D eigenvalue weighted by Gasteiger charge is 1.93. The predicted octanol–water partition coefficient (Wildman–Crippen LogP) is 5.26. The number of hydrogen-bond donors (Lipinski definition) is 0. The topological polar surface area (TPSA) is 0 Å². The molecule has 0 aromatic heterocycles. The quantitative estimate of drug-likeness (QED) is 0.450. The molecule has 0 saturated heterocycles. The van der Waals surface area contributed by atoms with Gasteiger partial charge in [-0.3, -0.25) is 0 Å². The predicted molar refractivity (Wildman–Crippen MR) is 75.9 cm³/mol. The van der Waals surface area contributed by atoms with Crippen molar-refractivity contribution in [1.82, 2.24) is 0 Å². The van der Waals surface area contributed by atoms with Crippen LogP contribution in [-0.4, -0.2) is 0 Å². The molecule has 82 valence electrons. The molecule has 0 unspecified atom stereocenters. The van der Waals surface area contributed by atoms with Crippen molar-refractivity contribution in [3.05, 3.63) is 72.6 Å². The zero-order valence-corrected chi connectivity index (χ0v) is 10.5. The standard InChI is InChI=1S/C12H16S.C2H4/c1-5-9-10-12(8-4)13-11(6-2)7-3;1-2/h5-10H,2,4H2,1,3H3;1-2H2/b9-5-,11-7+,12-10+;. The van der Waals surface area contributed by atoms with E-state index in [4.69, 9.17) is 0 Å². The molecular weight excluding hydrogens is 200 g/mol. The Labute approximate surface area is 98.5 Å². The van der Waals surface area contributed by atoms with E-state index < -0.39 is 0 Å². The second kappa shape index (κ2) is 12.8. The molecule has 0 amide bonds. The summed E-state index contributed by atoms with van der Waals surface area (Å²) in [6.45, 7) is 17.5. The Morgan fingerprint density at radius 1 is 1.00 bits per heavy atom. The SMILES string of the molecule is C=C.C=C/C(=C\C)S/C(C=C)=C/C=C\C. The lowest BCUT2D eigenvalue weighted by Gasteiger charge is -2.00. The first kappa shape index (κ1) is 16.2. The molecule has 0 fully saturated rings. The van der Waals surface area contributed by atoms with Crippen LogP contribution in [-0.2, 0) is 0 Å². The lowest BCUT2D eigenvalue weighted by atomic mass is 10.4. The van der Waals surface area contributed by atoms with Crippen LogP contribution in [0.5, 0.6) is 0 Å². The Hall–Kier alpha value is -1.21. The van der Waals surface area contributed by atoms with Gasteiger partial charge in [0, 0.05) is 9.81 Å². The molecule has 0 aliphatic heterocycles. The molecule has 0 spiro atoms. The smallest absolute Gasteiger partial charge is 0.0116 e. The normalized spacial score (nSPS) is 11.9. The van der Waals surface area contributed by atoms with Crippen LogP contribution in [0.2, 0.25) is 0 Å². The fourth-order valence-electron chi connectivity index (χ4n) is 0.689. The van der Waals surface area contributed by atoms with E-state index in [2.05, 4.69) is 26.3 Å². The highest BCUT2D eigenvalue weighted by atomic mass is 32.2. The van der Waals surface area contributed by atoms with Crippen LogP contribution in [0.15, 0.2) is 72.6 Å². The van der Waals surface area contributed by atoms with E-state index in [0.29, 0.717) is 0 Å². The van der Waals surface area contributed by atoms with Gasteiger partial charge in [-0.15, -0.1) is 13.2 Å². The molecule has 0 N–H and O–H groups in total. The molecule has 0 aromatic carbocycles. The van der Waals surface area contributed by atoms with Gasteiger partial charge in [-0.2, -0.15) is 0 Å². The monoisotopic (exact) mass is 220 g/mol.